The molecule has 2 aliphatic heterocycles. The number of benzene rings is 1. The lowest BCUT2D eigenvalue weighted by Gasteiger charge is -2.38. The first-order valence-corrected chi connectivity index (χ1v) is 10.3. The van der Waals surface area contributed by atoms with Crippen molar-refractivity contribution in [2.75, 3.05) is 26.0 Å². The summed E-state index contributed by atoms with van der Waals surface area (Å²) in [6.07, 6.45) is 5.99. The lowest BCUT2D eigenvalue weighted by Crippen LogP contribution is -2.50. The molecule has 27 heavy (non-hydrogen) atoms. The lowest BCUT2D eigenvalue weighted by atomic mass is 10.0. The number of amides is 1. The second-order valence-electron chi connectivity index (χ2n) is 6.61. The molecule has 0 N–H and O–H groups in total. The molecule has 144 valence electrons. The molecule has 0 spiro atoms. The number of likely N-dealkylation sites (tertiary alicyclic amines) is 1. The first kappa shape index (κ1) is 18.5. The summed E-state index contributed by atoms with van der Waals surface area (Å²) in [5.41, 5.74) is 1.18. The molecule has 0 aliphatic carbocycles. The van der Waals surface area contributed by atoms with E-state index in [1.54, 1.807) is 22.9 Å². The number of aromatic nitrogens is 2. The summed E-state index contributed by atoms with van der Waals surface area (Å²) >= 11 is 1.44. The van der Waals surface area contributed by atoms with Crippen molar-refractivity contribution in [3.8, 4) is 5.69 Å². The van der Waals surface area contributed by atoms with Crippen molar-refractivity contribution < 1.29 is 18.7 Å². The number of halogens is 1. The number of rotatable bonds is 4. The van der Waals surface area contributed by atoms with Gasteiger partial charge >= 0.3 is 0 Å². The molecule has 1 aromatic heterocycles. The molecule has 2 aliphatic rings. The van der Waals surface area contributed by atoms with Gasteiger partial charge in [-0.25, -0.2) is 9.37 Å². The number of imidazole rings is 1. The van der Waals surface area contributed by atoms with Crippen LogP contribution in [-0.2, 0) is 9.47 Å². The van der Waals surface area contributed by atoms with Gasteiger partial charge in [0.15, 0.2) is 11.4 Å². The highest BCUT2D eigenvalue weighted by Gasteiger charge is 2.37. The van der Waals surface area contributed by atoms with Gasteiger partial charge in [-0.3, -0.25) is 9.36 Å². The third-order valence-electron chi connectivity index (χ3n) is 4.99. The maximum absolute atomic E-state index is 13.4. The predicted molar refractivity (Wildman–Crippen MR) is 99.7 cm³/mol. The average molecular weight is 391 g/mol. The third-order valence-corrected chi connectivity index (χ3v) is 5.64. The number of carbonyl (C=O) groups excluding carboxylic acids is 1. The van der Waals surface area contributed by atoms with Crippen molar-refractivity contribution in [2.24, 2.45) is 0 Å². The second kappa shape index (κ2) is 8.00. The Morgan fingerprint density at radius 3 is 2.67 bits per heavy atom. The Hall–Kier alpha value is -1.90. The van der Waals surface area contributed by atoms with Gasteiger partial charge in [0, 0.05) is 12.2 Å². The van der Waals surface area contributed by atoms with Crippen molar-refractivity contribution in [3.63, 3.8) is 0 Å². The van der Waals surface area contributed by atoms with E-state index >= 15 is 0 Å². The van der Waals surface area contributed by atoms with Crippen LogP contribution in [0.2, 0.25) is 0 Å². The van der Waals surface area contributed by atoms with Crippen LogP contribution in [-0.4, -0.2) is 58.7 Å². The molecule has 1 unspecified atom stereocenters. The number of hydrogen-bond donors (Lipinski definition) is 0. The summed E-state index contributed by atoms with van der Waals surface area (Å²) in [5, 5.41) is 0.687. The highest BCUT2D eigenvalue weighted by molar-refractivity contribution is 7.98. The van der Waals surface area contributed by atoms with Gasteiger partial charge in [-0.05, 0) is 49.8 Å². The van der Waals surface area contributed by atoms with Gasteiger partial charge in [0.05, 0.1) is 25.5 Å². The smallest absolute Gasteiger partial charge is 0.272 e. The van der Waals surface area contributed by atoms with E-state index in [1.807, 2.05) is 11.2 Å². The molecule has 2 aromatic rings. The Morgan fingerprint density at radius 2 is 1.96 bits per heavy atom. The molecule has 2 saturated heterocycles. The SMILES string of the molecule is CSc1ncc(C(=O)N2CCCCC2C2OCCO2)n1-c1ccc(F)cc1. The quantitative estimate of drug-likeness (QED) is 0.750. The van der Waals surface area contributed by atoms with Crippen molar-refractivity contribution in [3.05, 3.63) is 42.0 Å². The van der Waals surface area contributed by atoms with E-state index in [0.717, 1.165) is 19.3 Å². The molecule has 1 aromatic carbocycles. The summed E-state index contributed by atoms with van der Waals surface area (Å²) in [5.74, 6) is -0.417. The lowest BCUT2D eigenvalue weighted by molar-refractivity contribution is -0.100. The Balaban J connectivity index is 1.68. The molecular formula is C19H22FN3O3S. The highest BCUT2D eigenvalue weighted by atomic mass is 32.2. The first-order valence-electron chi connectivity index (χ1n) is 9.11. The second-order valence-corrected chi connectivity index (χ2v) is 7.39. The Morgan fingerprint density at radius 1 is 1.22 bits per heavy atom. The van der Waals surface area contributed by atoms with Gasteiger partial charge in [0.25, 0.3) is 5.91 Å². The summed E-state index contributed by atoms with van der Waals surface area (Å²) in [7, 11) is 0. The number of hydrogen-bond acceptors (Lipinski definition) is 5. The van der Waals surface area contributed by atoms with Crippen LogP contribution < -0.4 is 0 Å². The fraction of sp³-hybridized carbons (Fsp3) is 0.474. The van der Waals surface area contributed by atoms with Crippen LogP contribution in [0.15, 0.2) is 35.6 Å². The fourth-order valence-electron chi connectivity index (χ4n) is 3.71. The van der Waals surface area contributed by atoms with E-state index in [1.165, 1.54) is 23.9 Å². The van der Waals surface area contributed by atoms with E-state index in [9.17, 15) is 9.18 Å². The molecule has 6 nitrogen and oxygen atoms in total. The van der Waals surface area contributed by atoms with Crippen LogP contribution in [0.4, 0.5) is 4.39 Å². The highest BCUT2D eigenvalue weighted by Crippen LogP contribution is 2.28. The van der Waals surface area contributed by atoms with Crippen molar-refractivity contribution in [1.29, 1.82) is 0 Å². The predicted octanol–water partition coefficient (Wildman–Crippen LogP) is 3.10. The zero-order valence-corrected chi connectivity index (χ0v) is 16.0. The van der Waals surface area contributed by atoms with Gasteiger partial charge < -0.3 is 14.4 Å². The molecule has 0 saturated carbocycles. The molecule has 4 rings (SSSR count). The number of nitrogens with zero attached hydrogens (tertiary/aromatic N) is 3. The minimum absolute atomic E-state index is 0.0944. The number of piperidine rings is 1. The molecule has 0 bridgehead atoms. The van der Waals surface area contributed by atoms with Crippen molar-refractivity contribution >= 4 is 17.7 Å². The largest absolute Gasteiger partial charge is 0.348 e. The van der Waals surface area contributed by atoms with Gasteiger partial charge in [0.1, 0.15) is 11.5 Å². The molecule has 1 amide bonds. The van der Waals surface area contributed by atoms with Crippen LogP contribution in [0, 0.1) is 5.82 Å². The number of carbonyl (C=O) groups is 1. The Labute approximate surface area is 161 Å². The van der Waals surface area contributed by atoms with Crippen LogP contribution in [0.5, 0.6) is 0 Å². The summed E-state index contributed by atoms with van der Waals surface area (Å²) < 4.78 is 26.5. The van der Waals surface area contributed by atoms with E-state index < -0.39 is 0 Å². The minimum atomic E-state index is -0.364. The topological polar surface area (TPSA) is 56.6 Å². The van der Waals surface area contributed by atoms with Crippen molar-refractivity contribution in [2.45, 2.75) is 36.8 Å². The normalized spacial score (nSPS) is 21.0. The first-order chi connectivity index (χ1) is 13.2. The summed E-state index contributed by atoms with van der Waals surface area (Å²) in [4.78, 5) is 19.7. The van der Waals surface area contributed by atoms with E-state index in [0.29, 0.717) is 36.3 Å². The maximum Gasteiger partial charge on any atom is 0.272 e. The summed E-state index contributed by atoms with van der Waals surface area (Å²) in [6.45, 7) is 1.79. The molecular weight excluding hydrogens is 369 g/mol. The van der Waals surface area contributed by atoms with E-state index in [-0.39, 0.29) is 24.1 Å². The molecule has 3 heterocycles. The fourth-order valence-corrected chi connectivity index (χ4v) is 4.25. The maximum atomic E-state index is 13.4. The minimum Gasteiger partial charge on any atom is -0.348 e. The standard InChI is InChI=1S/C19H22FN3O3S/c1-27-19-21-12-16(23(19)14-7-5-13(20)6-8-14)17(24)22-9-3-2-4-15(22)18-25-10-11-26-18/h5-8,12,15,18H,2-4,9-11H2,1H3. The number of ether oxygens (including phenoxy) is 2. The van der Waals surface area contributed by atoms with Crippen LogP contribution in [0.1, 0.15) is 29.8 Å². The molecule has 0 radical (unpaired) electrons. The zero-order valence-electron chi connectivity index (χ0n) is 15.1. The zero-order chi connectivity index (χ0) is 18.8. The Kier molecular flexibility index (Phi) is 5.47. The van der Waals surface area contributed by atoms with Gasteiger partial charge in [-0.15, -0.1) is 0 Å². The molecule has 1 atom stereocenters. The molecule has 2 fully saturated rings. The van der Waals surface area contributed by atoms with Gasteiger partial charge in [-0.2, -0.15) is 0 Å². The van der Waals surface area contributed by atoms with Crippen molar-refractivity contribution in [1.82, 2.24) is 14.5 Å². The van der Waals surface area contributed by atoms with Gasteiger partial charge in [0.2, 0.25) is 0 Å². The number of thioether (sulfide) groups is 1. The monoisotopic (exact) mass is 391 g/mol. The van der Waals surface area contributed by atoms with E-state index in [4.69, 9.17) is 9.47 Å². The Bertz CT molecular complexity index is 805. The van der Waals surface area contributed by atoms with Crippen LogP contribution in [0.3, 0.4) is 0 Å². The third kappa shape index (κ3) is 3.61. The van der Waals surface area contributed by atoms with E-state index in [2.05, 4.69) is 4.98 Å². The van der Waals surface area contributed by atoms with Crippen LogP contribution in [0.25, 0.3) is 5.69 Å². The molecule has 8 heteroatoms. The average Bonchev–Trinajstić information content (AvgIpc) is 3.38. The summed E-state index contributed by atoms with van der Waals surface area (Å²) in [6, 6.07) is 5.99. The van der Waals surface area contributed by atoms with Gasteiger partial charge in [-0.1, -0.05) is 11.8 Å². The van der Waals surface area contributed by atoms with Crippen LogP contribution >= 0.6 is 11.8 Å².